The first-order chi connectivity index (χ1) is 19.2. The summed E-state index contributed by atoms with van der Waals surface area (Å²) in [5.41, 5.74) is 2.19. The van der Waals surface area contributed by atoms with Gasteiger partial charge in [-0.3, -0.25) is 14.5 Å². The Hall–Kier alpha value is -2.75. The second-order valence-electron chi connectivity index (χ2n) is 11.5. The second-order valence-corrected chi connectivity index (χ2v) is 11.9. The zero-order chi connectivity index (χ0) is 28.4. The number of methoxy groups -OCH3 is 1. The lowest BCUT2D eigenvalue weighted by atomic mass is 9.76. The van der Waals surface area contributed by atoms with E-state index in [1.54, 1.807) is 19.1 Å². The lowest BCUT2D eigenvalue weighted by Crippen LogP contribution is -2.68. The molecular weight excluding hydrogens is 534 g/mol. The van der Waals surface area contributed by atoms with Gasteiger partial charge in [0.2, 0.25) is 0 Å². The maximum atomic E-state index is 13.2. The van der Waals surface area contributed by atoms with Crippen molar-refractivity contribution in [3.05, 3.63) is 49.9 Å². The summed E-state index contributed by atoms with van der Waals surface area (Å²) in [7, 11) is 1.50. The van der Waals surface area contributed by atoms with Crippen LogP contribution in [0.25, 0.3) is 0 Å². The number of halogens is 1. The van der Waals surface area contributed by atoms with Gasteiger partial charge in [0.05, 0.1) is 37.5 Å². The number of ether oxygens (including phenoxy) is 4. The Labute approximate surface area is 240 Å². The Morgan fingerprint density at radius 2 is 2.02 bits per heavy atom. The molecular formula is C30H40ClN3O6. The van der Waals surface area contributed by atoms with Gasteiger partial charge in [0.1, 0.15) is 18.5 Å². The zero-order valence-electron chi connectivity index (χ0n) is 23.9. The number of H-pyrrole nitrogens is 1. The van der Waals surface area contributed by atoms with E-state index in [4.69, 9.17) is 30.5 Å². The third-order valence-corrected chi connectivity index (χ3v) is 8.63. The van der Waals surface area contributed by atoms with E-state index < -0.39 is 0 Å². The van der Waals surface area contributed by atoms with Gasteiger partial charge in [-0.2, -0.15) is 0 Å². The number of rotatable bonds is 11. The molecule has 2 atom stereocenters. The lowest BCUT2D eigenvalue weighted by Gasteiger charge is -2.57. The third kappa shape index (κ3) is 5.83. The largest absolute Gasteiger partial charge is 0.496 e. The van der Waals surface area contributed by atoms with Crippen LogP contribution in [0.5, 0.6) is 17.2 Å². The Kier molecular flexibility index (Phi) is 8.63. The number of hydrogen-bond acceptors (Lipinski definition) is 7. The number of benzene rings is 1. The molecule has 0 bridgehead atoms. The van der Waals surface area contributed by atoms with Gasteiger partial charge in [0.25, 0.3) is 11.5 Å². The molecule has 4 heterocycles. The number of pyridine rings is 1. The molecule has 1 aromatic heterocycles. The Morgan fingerprint density at radius 1 is 1.25 bits per heavy atom. The van der Waals surface area contributed by atoms with Crippen molar-refractivity contribution < 1.29 is 23.7 Å². The van der Waals surface area contributed by atoms with E-state index in [0.717, 1.165) is 45.6 Å². The number of aromatic nitrogens is 1. The minimum atomic E-state index is -0.360. The number of carbonyl (C=O) groups excluding carboxylic acids is 1. The fourth-order valence-electron chi connectivity index (χ4n) is 6.10. The number of amides is 1. The van der Waals surface area contributed by atoms with E-state index in [2.05, 4.69) is 22.1 Å². The first-order valence-electron chi connectivity index (χ1n) is 14.2. The highest BCUT2D eigenvalue weighted by atomic mass is 35.5. The van der Waals surface area contributed by atoms with Crippen LogP contribution >= 0.6 is 11.6 Å². The quantitative estimate of drug-likeness (QED) is 0.411. The van der Waals surface area contributed by atoms with Crippen LogP contribution in [-0.4, -0.2) is 68.0 Å². The predicted octanol–water partition coefficient (Wildman–Crippen LogP) is 4.39. The molecule has 10 heteroatoms. The highest BCUT2D eigenvalue weighted by Crippen LogP contribution is 2.44. The van der Waals surface area contributed by atoms with E-state index in [1.165, 1.54) is 20.0 Å². The number of hydrogen-bond donors (Lipinski definition) is 2. The Bertz CT molecular complexity index is 1300. The fraction of sp³-hybridized carbons (Fsp3) is 0.600. The zero-order valence-corrected chi connectivity index (χ0v) is 24.6. The summed E-state index contributed by atoms with van der Waals surface area (Å²) in [6.07, 6.45) is 5.30. The molecule has 3 aliphatic heterocycles. The van der Waals surface area contributed by atoms with Gasteiger partial charge in [-0.15, -0.1) is 0 Å². The molecule has 3 aliphatic rings. The van der Waals surface area contributed by atoms with E-state index in [0.29, 0.717) is 62.7 Å². The number of likely N-dealkylation sites (tertiary alicyclic amines) is 1. The molecule has 1 spiro atoms. The first kappa shape index (κ1) is 28.8. The van der Waals surface area contributed by atoms with Gasteiger partial charge >= 0.3 is 0 Å². The van der Waals surface area contributed by atoms with Crippen LogP contribution in [0.2, 0.25) is 5.02 Å². The average molecular weight is 574 g/mol. The van der Waals surface area contributed by atoms with Gasteiger partial charge in [0, 0.05) is 41.4 Å². The number of nitrogens with zero attached hydrogens (tertiary/aromatic N) is 1. The van der Waals surface area contributed by atoms with Gasteiger partial charge in [0.15, 0.2) is 11.5 Å². The van der Waals surface area contributed by atoms with Crippen molar-refractivity contribution >= 4 is 17.5 Å². The highest BCUT2D eigenvalue weighted by Gasteiger charge is 2.50. The molecule has 2 aromatic rings. The van der Waals surface area contributed by atoms with Crippen molar-refractivity contribution in [1.82, 2.24) is 15.2 Å². The number of nitrogens with one attached hydrogen (secondary N) is 2. The molecule has 2 N–H and O–H groups in total. The molecule has 0 radical (unpaired) electrons. The van der Waals surface area contributed by atoms with Crippen molar-refractivity contribution in [3.8, 4) is 17.2 Å². The molecule has 2 fully saturated rings. The smallest absolute Gasteiger partial charge is 0.256 e. The summed E-state index contributed by atoms with van der Waals surface area (Å²) in [6.45, 7) is 10.4. The summed E-state index contributed by atoms with van der Waals surface area (Å²) in [4.78, 5) is 31.0. The van der Waals surface area contributed by atoms with Gasteiger partial charge in [-0.05, 0) is 51.7 Å². The van der Waals surface area contributed by atoms with Crippen molar-refractivity contribution in [1.29, 1.82) is 0 Å². The highest BCUT2D eigenvalue weighted by molar-refractivity contribution is 6.32. The molecule has 0 aliphatic carbocycles. The standard InChI is InChI=1S/C30H40ClN3O6/c1-5-7-20(34-14-30(15-34)16-38-17-30)8-6-9-21-13-39-27-24(31)11-22(19(3)26(27)40-21)28(35)32-12-23-25(37-4)10-18(2)33-29(23)36/h10-11,20-21H,5-9,12-17H2,1-4H3,(H,32,35)(H,33,36). The molecule has 1 amide bonds. The Morgan fingerprint density at radius 3 is 2.70 bits per heavy atom. The van der Waals surface area contributed by atoms with Crippen LogP contribution in [0.1, 0.15) is 66.2 Å². The normalized spacial score (nSPS) is 20.0. The minimum absolute atomic E-state index is 0.00976. The van der Waals surface area contributed by atoms with Crippen molar-refractivity contribution in [3.63, 3.8) is 0 Å². The van der Waals surface area contributed by atoms with Crippen molar-refractivity contribution in [2.75, 3.05) is 40.0 Å². The summed E-state index contributed by atoms with van der Waals surface area (Å²) in [5, 5.41) is 3.15. The first-order valence-corrected chi connectivity index (χ1v) is 14.6. The van der Waals surface area contributed by atoms with Gasteiger partial charge < -0.3 is 29.2 Å². The number of carbonyl (C=O) groups is 1. The van der Waals surface area contributed by atoms with Crippen LogP contribution in [0.3, 0.4) is 0 Å². The number of fused-ring (bicyclic) bond motifs is 1. The fourth-order valence-corrected chi connectivity index (χ4v) is 6.35. The van der Waals surface area contributed by atoms with Gasteiger partial charge in [-0.25, -0.2) is 0 Å². The number of aryl methyl sites for hydroxylation is 1. The molecule has 218 valence electrons. The summed E-state index contributed by atoms with van der Waals surface area (Å²) >= 11 is 6.52. The molecule has 0 saturated carbocycles. The molecule has 40 heavy (non-hydrogen) atoms. The van der Waals surface area contributed by atoms with E-state index in [1.807, 2.05) is 6.92 Å². The maximum absolute atomic E-state index is 13.2. The maximum Gasteiger partial charge on any atom is 0.256 e. The predicted molar refractivity (Wildman–Crippen MR) is 153 cm³/mol. The number of aromatic amines is 1. The monoisotopic (exact) mass is 573 g/mol. The van der Waals surface area contributed by atoms with Gasteiger partial charge in [-0.1, -0.05) is 24.9 Å². The summed E-state index contributed by atoms with van der Waals surface area (Å²) in [5.74, 6) is 1.05. The topological polar surface area (TPSA) is 102 Å². The molecule has 5 rings (SSSR count). The molecule has 1 aromatic carbocycles. The average Bonchev–Trinajstić information content (AvgIpc) is 2.88. The van der Waals surface area contributed by atoms with Crippen molar-refractivity contribution in [2.45, 2.75) is 71.6 Å². The van der Waals surface area contributed by atoms with Crippen LogP contribution in [0.4, 0.5) is 0 Å². The van der Waals surface area contributed by atoms with Crippen molar-refractivity contribution in [2.24, 2.45) is 5.41 Å². The summed E-state index contributed by atoms with van der Waals surface area (Å²) in [6, 6.07) is 3.91. The van der Waals surface area contributed by atoms with Crippen LogP contribution in [-0.2, 0) is 11.3 Å². The van der Waals surface area contributed by atoms with Crippen LogP contribution in [0.15, 0.2) is 16.9 Å². The molecule has 2 unspecified atom stereocenters. The molecule has 2 saturated heterocycles. The SMILES string of the molecule is CCCC(CCCC1COc2c(Cl)cc(C(=O)NCc3c(OC)cc(C)[nH]c3=O)c(C)c2O1)N1CC2(COC2)C1. The van der Waals surface area contributed by atoms with E-state index in [-0.39, 0.29) is 24.1 Å². The van der Waals surface area contributed by atoms with E-state index in [9.17, 15) is 9.59 Å². The Balaban J connectivity index is 1.20. The third-order valence-electron chi connectivity index (χ3n) is 8.35. The van der Waals surface area contributed by atoms with Crippen LogP contribution < -0.4 is 25.1 Å². The van der Waals surface area contributed by atoms with Crippen LogP contribution in [0, 0.1) is 19.3 Å². The minimum Gasteiger partial charge on any atom is -0.496 e. The lowest BCUT2D eigenvalue weighted by molar-refractivity contribution is -0.199. The molecule has 9 nitrogen and oxygen atoms in total. The van der Waals surface area contributed by atoms with E-state index >= 15 is 0 Å². The second kappa shape index (κ2) is 12.0. The summed E-state index contributed by atoms with van der Waals surface area (Å²) < 4.78 is 23.2.